The summed E-state index contributed by atoms with van der Waals surface area (Å²) in [6.07, 6.45) is -5.01. The van der Waals surface area contributed by atoms with Crippen LogP contribution in [0.25, 0.3) is 0 Å². The molecule has 0 spiro atoms. The first-order valence-electron chi connectivity index (χ1n) is 14.6. The predicted octanol–water partition coefficient (Wildman–Crippen LogP) is 7.05. The van der Waals surface area contributed by atoms with Crippen molar-refractivity contribution in [2.45, 2.75) is 37.2 Å². The molecule has 4 aromatic rings. The van der Waals surface area contributed by atoms with Gasteiger partial charge in [0.1, 0.15) is 11.5 Å². The highest BCUT2D eigenvalue weighted by molar-refractivity contribution is 9.10. The zero-order valence-electron chi connectivity index (χ0n) is 24.9. The molecule has 0 aromatic heterocycles. The van der Waals surface area contributed by atoms with Crippen molar-refractivity contribution in [2.75, 3.05) is 20.3 Å². The monoisotopic (exact) mass is 696 g/mol. The Balaban J connectivity index is 1.59. The van der Waals surface area contributed by atoms with Gasteiger partial charge in [-0.15, -0.1) is 0 Å². The third-order valence-corrected chi connectivity index (χ3v) is 8.38. The SMILES string of the molecule is COc1cccc([C@H]2OC(c3ccc(OCCCO)cc3)=N[C@@]2(Cc2ccccc2Br)C(=O)NCc2ccccc2C(F)(F)F)c1. The molecule has 0 saturated carbocycles. The second-order valence-electron chi connectivity index (χ2n) is 10.7. The number of hydrogen-bond acceptors (Lipinski definition) is 6. The number of carbonyl (C=O) groups is 1. The van der Waals surface area contributed by atoms with Gasteiger partial charge < -0.3 is 24.6 Å². The molecule has 46 heavy (non-hydrogen) atoms. The van der Waals surface area contributed by atoms with Gasteiger partial charge in [0, 0.05) is 36.0 Å². The topological polar surface area (TPSA) is 89.4 Å². The highest BCUT2D eigenvalue weighted by Gasteiger charge is 2.53. The van der Waals surface area contributed by atoms with Gasteiger partial charge in [0.05, 0.1) is 19.3 Å². The number of benzene rings is 4. The number of aliphatic hydroxyl groups excluding tert-OH is 1. The lowest BCUT2D eigenvalue weighted by atomic mass is 9.81. The minimum atomic E-state index is -4.59. The molecule has 5 rings (SSSR count). The molecule has 1 amide bonds. The summed E-state index contributed by atoms with van der Waals surface area (Å²) < 4.78 is 59.8. The number of rotatable bonds is 12. The van der Waals surface area contributed by atoms with E-state index in [-0.39, 0.29) is 31.0 Å². The Morgan fingerprint density at radius 1 is 0.978 bits per heavy atom. The van der Waals surface area contributed by atoms with Gasteiger partial charge in [-0.25, -0.2) is 4.99 Å². The van der Waals surface area contributed by atoms with Crippen LogP contribution in [0.2, 0.25) is 0 Å². The molecule has 240 valence electrons. The molecule has 2 atom stereocenters. The second-order valence-corrected chi connectivity index (χ2v) is 11.5. The molecule has 1 heterocycles. The number of methoxy groups -OCH3 is 1. The van der Waals surface area contributed by atoms with Crippen molar-refractivity contribution >= 4 is 27.7 Å². The third-order valence-electron chi connectivity index (χ3n) is 7.61. The van der Waals surface area contributed by atoms with E-state index < -0.39 is 29.3 Å². The van der Waals surface area contributed by atoms with E-state index in [0.29, 0.717) is 35.7 Å². The van der Waals surface area contributed by atoms with Gasteiger partial charge >= 0.3 is 6.18 Å². The molecule has 1 aliphatic heterocycles. The lowest BCUT2D eigenvalue weighted by Crippen LogP contribution is -2.49. The van der Waals surface area contributed by atoms with E-state index in [9.17, 15) is 18.0 Å². The smallest absolute Gasteiger partial charge is 0.416 e. The Morgan fingerprint density at radius 2 is 1.70 bits per heavy atom. The van der Waals surface area contributed by atoms with Crippen molar-refractivity contribution in [3.63, 3.8) is 0 Å². The van der Waals surface area contributed by atoms with E-state index in [4.69, 9.17) is 24.3 Å². The summed E-state index contributed by atoms with van der Waals surface area (Å²) in [5, 5.41) is 11.8. The standard InChI is InChI=1S/C35H32BrF3N2O5/c1-44-28-11-6-10-24(20-28)31-34(21-25-8-3-5-13-30(25)36,33(43)40-22-26-9-2-4-12-29(26)35(37,38)39)41-32(46-31)23-14-16-27(17-15-23)45-19-7-18-42/h2-6,8-17,20,31,42H,7,18-19,21-22H2,1H3,(H,40,43)/t31-,34-/m1/s1. The van der Waals surface area contributed by atoms with Gasteiger partial charge in [0.15, 0.2) is 11.6 Å². The molecule has 0 bridgehead atoms. The van der Waals surface area contributed by atoms with Crippen molar-refractivity contribution < 1.29 is 37.3 Å². The van der Waals surface area contributed by atoms with Crippen molar-refractivity contribution in [2.24, 2.45) is 4.99 Å². The Hall–Kier alpha value is -4.35. The zero-order valence-corrected chi connectivity index (χ0v) is 26.5. The number of nitrogens with zero attached hydrogens (tertiary/aromatic N) is 1. The minimum Gasteiger partial charge on any atom is -0.497 e. The average Bonchev–Trinajstić information content (AvgIpc) is 3.45. The van der Waals surface area contributed by atoms with Crippen LogP contribution in [-0.4, -0.2) is 42.8 Å². The molecule has 0 unspecified atom stereocenters. The quantitative estimate of drug-likeness (QED) is 0.155. The number of aliphatic hydroxyl groups is 1. The normalized spacial score (nSPS) is 17.6. The van der Waals surface area contributed by atoms with E-state index in [0.717, 1.165) is 16.1 Å². The van der Waals surface area contributed by atoms with Gasteiger partial charge in [-0.05, 0) is 65.2 Å². The van der Waals surface area contributed by atoms with Crippen LogP contribution < -0.4 is 14.8 Å². The maximum absolute atomic E-state index is 14.5. The predicted molar refractivity (Wildman–Crippen MR) is 171 cm³/mol. The van der Waals surface area contributed by atoms with Gasteiger partial charge in [0.25, 0.3) is 5.91 Å². The Kier molecular flexibility index (Phi) is 10.3. The van der Waals surface area contributed by atoms with E-state index in [1.807, 2.05) is 24.3 Å². The summed E-state index contributed by atoms with van der Waals surface area (Å²) in [6.45, 7) is -0.0163. The maximum atomic E-state index is 14.5. The first kappa shape index (κ1) is 33.0. The highest BCUT2D eigenvalue weighted by Crippen LogP contribution is 2.44. The van der Waals surface area contributed by atoms with E-state index in [2.05, 4.69) is 21.2 Å². The molecule has 11 heteroatoms. The molecule has 2 N–H and O–H groups in total. The summed E-state index contributed by atoms with van der Waals surface area (Å²) in [5.41, 5.74) is -0.603. The summed E-state index contributed by atoms with van der Waals surface area (Å²) in [5.74, 6) is 0.702. The molecule has 0 radical (unpaired) electrons. The summed E-state index contributed by atoms with van der Waals surface area (Å²) >= 11 is 3.58. The van der Waals surface area contributed by atoms with Gasteiger partial charge in [-0.1, -0.05) is 64.5 Å². The van der Waals surface area contributed by atoms with Crippen LogP contribution >= 0.6 is 15.9 Å². The van der Waals surface area contributed by atoms with Crippen LogP contribution in [0.1, 0.15) is 40.3 Å². The van der Waals surface area contributed by atoms with Crippen LogP contribution in [-0.2, 0) is 28.7 Å². The van der Waals surface area contributed by atoms with E-state index >= 15 is 0 Å². The maximum Gasteiger partial charge on any atom is 0.416 e. The lowest BCUT2D eigenvalue weighted by molar-refractivity contribution is -0.138. The Morgan fingerprint density at radius 3 is 2.39 bits per heavy atom. The number of nitrogens with one attached hydrogen (secondary N) is 1. The summed E-state index contributed by atoms with van der Waals surface area (Å²) in [4.78, 5) is 19.4. The molecule has 0 fully saturated rings. The van der Waals surface area contributed by atoms with Crippen molar-refractivity contribution in [1.82, 2.24) is 5.32 Å². The van der Waals surface area contributed by atoms with Gasteiger partial charge in [0.2, 0.25) is 5.90 Å². The fourth-order valence-corrected chi connectivity index (χ4v) is 5.72. The van der Waals surface area contributed by atoms with Crippen molar-refractivity contribution in [3.05, 3.63) is 129 Å². The van der Waals surface area contributed by atoms with Gasteiger partial charge in [-0.2, -0.15) is 13.2 Å². The number of ether oxygens (including phenoxy) is 3. The molecular formula is C35H32BrF3N2O5. The van der Waals surface area contributed by atoms with Crippen LogP contribution in [0, 0.1) is 0 Å². The second kappa shape index (κ2) is 14.4. The molecule has 7 nitrogen and oxygen atoms in total. The fourth-order valence-electron chi connectivity index (χ4n) is 5.30. The lowest BCUT2D eigenvalue weighted by Gasteiger charge is -2.31. The summed E-state index contributed by atoms with van der Waals surface area (Å²) in [6, 6.07) is 26.6. The number of carbonyl (C=O) groups excluding carboxylic acids is 1. The van der Waals surface area contributed by atoms with Crippen LogP contribution in [0.4, 0.5) is 13.2 Å². The molecule has 4 aromatic carbocycles. The number of hydrogen-bond donors (Lipinski definition) is 2. The number of amides is 1. The Labute approximate surface area is 273 Å². The van der Waals surface area contributed by atoms with E-state index in [1.54, 1.807) is 48.5 Å². The molecule has 0 saturated heterocycles. The molecule has 1 aliphatic rings. The number of aliphatic imine (C=N–C) groups is 1. The average molecular weight is 698 g/mol. The van der Waals surface area contributed by atoms with E-state index in [1.165, 1.54) is 25.3 Å². The van der Waals surface area contributed by atoms with Crippen LogP contribution in [0.5, 0.6) is 11.5 Å². The first-order valence-corrected chi connectivity index (χ1v) is 15.4. The van der Waals surface area contributed by atoms with Gasteiger partial charge in [-0.3, -0.25) is 4.79 Å². The fraction of sp³-hybridized carbons (Fsp3) is 0.257. The number of halogens is 4. The van der Waals surface area contributed by atoms with Crippen LogP contribution in [0.3, 0.4) is 0 Å². The molecular weight excluding hydrogens is 665 g/mol. The number of alkyl halides is 3. The third kappa shape index (κ3) is 7.37. The molecule has 0 aliphatic carbocycles. The Bertz CT molecular complexity index is 1700. The highest BCUT2D eigenvalue weighted by atomic mass is 79.9. The first-order chi connectivity index (χ1) is 22.1. The van der Waals surface area contributed by atoms with Crippen molar-refractivity contribution in [3.8, 4) is 11.5 Å². The van der Waals surface area contributed by atoms with Crippen LogP contribution in [0.15, 0.2) is 107 Å². The zero-order chi connectivity index (χ0) is 32.7. The minimum absolute atomic E-state index is 0.0118. The van der Waals surface area contributed by atoms with Crippen molar-refractivity contribution in [1.29, 1.82) is 0 Å². The largest absolute Gasteiger partial charge is 0.497 e. The summed E-state index contributed by atoms with van der Waals surface area (Å²) in [7, 11) is 1.53.